The van der Waals surface area contributed by atoms with Gasteiger partial charge in [0.25, 0.3) is 0 Å². The molecule has 1 aromatic heterocycles. The number of aromatic amines is 1. The number of hydrogen-bond donors (Lipinski definition) is 4. The first-order valence-electron chi connectivity index (χ1n) is 14.7. The lowest BCUT2D eigenvalue weighted by Crippen LogP contribution is -2.66. The molecule has 1 fully saturated rings. The molecule has 2 heterocycles. The summed E-state index contributed by atoms with van der Waals surface area (Å²) in [5, 5.41) is 14.4. The maximum atomic E-state index is 14.5. The van der Waals surface area contributed by atoms with Crippen molar-refractivity contribution in [3.05, 3.63) is 71.4 Å². The molecule has 0 radical (unpaired) electrons. The van der Waals surface area contributed by atoms with Crippen LogP contribution in [-0.2, 0) is 33.8 Å². The number of primary amides is 1. The van der Waals surface area contributed by atoms with Gasteiger partial charge in [0, 0.05) is 36.1 Å². The molecule has 1 saturated heterocycles. The number of nitrogens with one attached hydrogen (secondary N) is 2. The van der Waals surface area contributed by atoms with Gasteiger partial charge in [-0.3, -0.25) is 19.3 Å². The van der Waals surface area contributed by atoms with Gasteiger partial charge in [-0.1, -0.05) is 68.8 Å². The summed E-state index contributed by atoms with van der Waals surface area (Å²) in [7, 11) is 0. The Kier molecular flexibility index (Phi) is 8.24. The predicted molar refractivity (Wildman–Crippen MR) is 158 cm³/mol. The van der Waals surface area contributed by atoms with Crippen molar-refractivity contribution >= 4 is 34.7 Å². The number of carbonyl (C=O) groups is 4. The number of aryl methyl sites for hydroxylation is 1. The molecule has 10 heteroatoms. The van der Waals surface area contributed by atoms with Gasteiger partial charge in [-0.2, -0.15) is 0 Å². The Morgan fingerprint density at radius 1 is 1.14 bits per heavy atom. The van der Waals surface area contributed by atoms with E-state index in [4.69, 9.17) is 5.73 Å². The van der Waals surface area contributed by atoms with Gasteiger partial charge >= 0.3 is 6.09 Å². The quantitative estimate of drug-likeness (QED) is 0.309. The lowest BCUT2D eigenvalue weighted by atomic mass is 9.77. The Balaban J connectivity index is 1.54. The SMILES string of the molecule is CC[C@H](C)[C@@H](C(=O)N[C@]1(C(=O)N2CCC[C@H]2C(N)=O)CCc2[nH]c3ccccc3c2C1)N(Cc1ccccc1)C(=O)O. The number of nitrogens with two attached hydrogens (primary N) is 1. The summed E-state index contributed by atoms with van der Waals surface area (Å²) < 4.78 is 0. The maximum absolute atomic E-state index is 14.5. The van der Waals surface area contributed by atoms with Gasteiger partial charge in [-0.05, 0) is 48.8 Å². The number of benzene rings is 2. The summed E-state index contributed by atoms with van der Waals surface area (Å²) in [6, 6.07) is 15.2. The van der Waals surface area contributed by atoms with E-state index in [2.05, 4.69) is 10.3 Å². The molecule has 0 bridgehead atoms. The van der Waals surface area contributed by atoms with Gasteiger partial charge in [0.15, 0.2) is 0 Å². The highest BCUT2D eigenvalue weighted by molar-refractivity contribution is 5.98. The summed E-state index contributed by atoms with van der Waals surface area (Å²) in [6.07, 6.45) is 1.49. The van der Waals surface area contributed by atoms with Crippen LogP contribution < -0.4 is 11.1 Å². The molecule has 4 atom stereocenters. The van der Waals surface area contributed by atoms with Crippen molar-refractivity contribution < 1.29 is 24.3 Å². The van der Waals surface area contributed by atoms with E-state index in [9.17, 15) is 24.3 Å². The third-order valence-electron chi connectivity index (χ3n) is 9.03. The van der Waals surface area contributed by atoms with Crippen molar-refractivity contribution in [1.82, 2.24) is 20.1 Å². The number of para-hydroxylation sites is 1. The molecule has 1 aliphatic heterocycles. The first-order valence-corrected chi connectivity index (χ1v) is 14.7. The molecular weight excluding hydrogens is 534 g/mol. The van der Waals surface area contributed by atoms with E-state index in [0.29, 0.717) is 38.6 Å². The molecule has 42 heavy (non-hydrogen) atoms. The Bertz CT molecular complexity index is 1490. The number of fused-ring (bicyclic) bond motifs is 3. The van der Waals surface area contributed by atoms with Crippen molar-refractivity contribution in [3.63, 3.8) is 0 Å². The van der Waals surface area contributed by atoms with Crippen molar-refractivity contribution in [3.8, 4) is 0 Å². The molecular formula is C32H39N5O5. The number of carboxylic acid groups (broad SMARTS) is 1. The fraction of sp³-hybridized carbons (Fsp3) is 0.438. The van der Waals surface area contributed by atoms with Crippen LogP contribution in [0.2, 0.25) is 0 Å². The zero-order valence-corrected chi connectivity index (χ0v) is 24.1. The van der Waals surface area contributed by atoms with Crippen LogP contribution in [0.25, 0.3) is 10.9 Å². The van der Waals surface area contributed by atoms with Crippen LogP contribution in [-0.4, -0.2) is 67.9 Å². The van der Waals surface area contributed by atoms with Crippen LogP contribution in [0.1, 0.15) is 56.4 Å². The predicted octanol–water partition coefficient (Wildman–Crippen LogP) is 3.58. The number of nitrogens with zero attached hydrogens (tertiary/aromatic N) is 2. The first-order chi connectivity index (χ1) is 20.1. The lowest BCUT2D eigenvalue weighted by Gasteiger charge is -2.42. The topological polar surface area (TPSA) is 149 Å². The highest BCUT2D eigenvalue weighted by atomic mass is 16.4. The van der Waals surface area contributed by atoms with E-state index in [1.165, 1.54) is 9.80 Å². The second-order valence-electron chi connectivity index (χ2n) is 11.7. The van der Waals surface area contributed by atoms with Crippen LogP contribution in [0.3, 0.4) is 0 Å². The van der Waals surface area contributed by atoms with E-state index in [1.807, 2.05) is 68.4 Å². The molecule has 0 spiro atoms. The number of carbonyl (C=O) groups excluding carboxylic acids is 3. The lowest BCUT2D eigenvalue weighted by molar-refractivity contribution is -0.147. The summed E-state index contributed by atoms with van der Waals surface area (Å²) in [5.74, 6) is -1.76. The van der Waals surface area contributed by atoms with Gasteiger partial charge in [-0.15, -0.1) is 0 Å². The normalized spacial score (nSPS) is 21.4. The summed E-state index contributed by atoms with van der Waals surface area (Å²) in [5.41, 5.74) is 7.99. The molecule has 2 aromatic carbocycles. The first kappa shape index (κ1) is 29.2. The Morgan fingerprint density at radius 3 is 2.55 bits per heavy atom. The van der Waals surface area contributed by atoms with Crippen LogP contribution >= 0.6 is 0 Å². The van der Waals surface area contributed by atoms with Gasteiger partial charge in [-0.25, -0.2) is 4.79 Å². The fourth-order valence-corrected chi connectivity index (χ4v) is 6.63. The van der Waals surface area contributed by atoms with Crippen LogP contribution in [0.5, 0.6) is 0 Å². The minimum absolute atomic E-state index is 0.0298. The van der Waals surface area contributed by atoms with Crippen molar-refractivity contribution in [2.45, 2.75) is 76.5 Å². The van der Waals surface area contributed by atoms with Crippen LogP contribution in [0, 0.1) is 5.92 Å². The minimum atomic E-state index is -1.37. The summed E-state index contributed by atoms with van der Waals surface area (Å²) >= 11 is 0. The minimum Gasteiger partial charge on any atom is -0.465 e. The largest absolute Gasteiger partial charge is 0.465 e. The second kappa shape index (κ2) is 11.9. The Morgan fingerprint density at radius 2 is 1.86 bits per heavy atom. The molecule has 5 N–H and O–H groups in total. The zero-order chi connectivity index (χ0) is 30.0. The molecule has 10 nitrogen and oxygen atoms in total. The van der Waals surface area contributed by atoms with E-state index < -0.39 is 35.5 Å². The number of H-pyrrole nitrogens is 1. The highest BCUT2D eigenvalue weighted by Gasteiger charge is 2.50. The Labute approximate surface area is 245 Å². The van der Waals surface area contributed by atoms with Crippen molar-refractivity contribution in [2.24, 2.45) is 11.7 Å². The number of amides is 4. The van der Waals surface area contributed by atoms with Gasteiger partial charge < -0.3 is 26.0 Å². The van der Waals surface area contributed by atoms with E-state index in [1.54, 1.807) is 0 Å². The molecule has 4 amide bonds. The molecule has 5 rings (SSSR count). The van der Waals surface area contributed by atoms with E-state index >= 15 is 0 Å². The maximum Gasteiger partial charge on any atom is 0.408 e. The van der Waals surface area contributed by atoms with E-state index in [-0.39, 0.29) is 24.8 Å². The van der Waals surface area contributed by atoms with Crippen LogP contribution in [0.4, 0.5) is 4.79 Å². The number of aromatic nitrogens is 1. The van der Waals surface area contributed by atoms with E-state index in [0.717, 1.165) is 27.7 Å². The third kappa shape index (κ3) is 5.45. The molecule has 1 aliphatic carbocycles. The van der Waals surface area contributed by atoms with Gasteiger partial charge in [0.2, 0.25) is 17.7 Å². The number of rotatable bonds is 9. The Hall–Kier alpha value is -4.34. The van der Waals surface area contributed by atoms with Crippen LogP contribution in [0.15, 0.2) is 54.6 Å². The molecule has 0 unspecified atom stereocenters. The fourth-order valence-electron chi connectivity index (χ4n) is 6.63. The number of hydrogen-bond acceptors (Lipinski definition) is 4. The molecule has 2 aliphatic rings. The average molecular weight is 574 g/mol. The average Bonchev–Trinajstić information content (AvgIpc) is 3.62. The zero-order valence-electron chi connectivity index (χ0n) is 24.1. The smallest absolute Gasteiger partial charge is 0.408 e. The second-order valence-corrected chi connectivity index (χ2v) is 11.7. The van der Waals surface area contributed by atoms with Gasteiger partial charge in [0.05, 0.1) is 0 Å². The highest BCUT2D eigenvalue weighted by Crippen LogP contribution is 2.37. The molecule has 3 aromatic rings. The molecule has 0 saturated carbocycles. The summed E-state index contributed by atoms with van der Waals surface area (Å²) in [6.45, 7) is 4.16. The number of likely N-dealkylation sites (tertiary alicyclic amines) is 1. The van der Waals surface area contributed by atoms with Gasteiger partial charge in [0.1, 0.15) is 17.6 Å². The monoisotopic (exact) mass is 573 g/mol. The third-order valence-corrected chi connectivity index (χ3v) is 9.03. The molecule has 222 valence electrons. The van der Waals surface area contributed by atoms with Crippen molar-refractivity contribution in [2.75, 3.05) is 6.54 Å². The summed E-state index contributed by atoms with van der Waals surface area (Å²) in [4.78, 5) is 59.8. The van der Waals surface area contributed by atoms with Crippen molar-refractivity contribution in [1.29, 1.82) is 0 Å². The standard InChI is InChI=1S/C32H39N5O5/c1-3-20(2)27(37(31(41)42)19-21-10-5-4-6-11-21)29(39)35-32(30(40)36-17-9-14-26(36)28(33)38)16-15-25-23(18-32)22-12-7-8-13-24(22)34-25/h4-8,10-13,20,26-27,34H,3,9,14-19H2,1-2H3,(H2,33,38)(H,35,39)(H,41,42)/t20-,26-,27-,32+/m0/s1.